The summed E-state index contributed by atoms with van der Waals surface area (Å²) in [5.74, 6) is 0.294. The predicted molar refractivity (Wildman–Crippen MR) is 77.5 cm³/mol. The van der Waals surface area contributed by atoms with E-state index >= 15 is 0 Å². The molecule has 0 aromatic carbocycles. The molecule has 3 rings (SSSR count). The highest BCUT2D eigenvalue weighted by atomic mass is 16.5. The van der Waals surface area contributed by atoms with Crippen LogP contribution in [0, 0.1) is 0 Å². The molecule has 1 fully saturated rings. The predicted octanol–water partition coefficient (Wildman–Crippen LogP) is 1.74. The van der Waals surface area contributed by atoms with Crippen LogP contribution in [0.1, 0.15) is 36.2 Å². The lowest BCUT2D eigenvalue weighted by atomic mass is 9.97. The first kappa shape index (κ1) is 13.8. The van der Waals surface area contributed by atoms with Crippen LogP contribution < -0.4 is 11.1 Å². The minimum atomic E-state index is -0.287. The molecule has 1 amide bonds. The molecule has 0 atom stereocenters. The van der Waals surface area contributed by atoms with Crippen molar-refractivity contribution >= 4 is 5.91 Å². The third-order valence-corrected chi connectivity index (χ3v) is 4.02. The van der Waals surface area contributed by atoms with Gasteiger partial charge in [-0.05, 0) is 25.0 Å². The van der Waals surface area contributed by atoms with Crippen molar-refractivity contribution in [2.45, 2.75) is 31.2 Å². The molecule has 3 N–H and O–H groups in total. The highest BCUT2D eigenvalue weighted by Crippen LogP contribution is 2.29. The number of aromatic nitrogens is 2. The fourth-order valence-electron chi connectivity index (χ4n) is 2.76. The van der Waals surface area contributed by atoms with Gasteiger partial charge in [0.15, 0.2) is 11.5 Å². The number of pyridine rings is 1. The molecule has 0 bridgehead atoms. The molecule has 0 radical (unpaired) electrons. The number of carbonyl (C=O) groups is 1. The first-order chi connectivity index (χ1) is 10.2. The van der Waals surface area contributed by atoms with Crippen LogP contribution in [0.5, 0.6) is 0 Å². The first-order valence-corrected chi connectivity index (χ1v) is 7.12. The summed E-state index contributed by atoms with van der Waals surface area (Å²) < 4.78 is 5.22. The van der Waals surface area contributed by atoms with E-state index in [1.54, 1.807) is 24.5 Å². The second-order valence-corrected chi connectivity index (χ2v) is 5.46. The van der Waals surface area contributed by atoms with Crippen molar-refractivity contribution in [3.8, 4) is 11.3 Å². The smallest absolute Gasteiger partial charge is 0.273 e. The minimum absolute atomic E-state index is 0.235. The SMILES string of the molecule is NCC1(NC(=O)c2cc(-c3cccnc3)on2)CCCC1. The summed E-state index contributed by atoms with van der Waals surface area (Å²) in [7, 11) is 0. The van der Waals surface area contributed by atoms with Crippen molar-refractivity contribution in [3.63, 3.8) is 0 Å². The number of carbonyl (C=O) groups excluding carboxylic acids is 1. The topological polar surface area (TPSA) is 94.0 Å². The fourth-order valence-corrected chi connectivity index (χ4v) is 2.76. The summed E-state index contributed by atoms with van der Waals surface area (Å²) >= 11 is 0. The largest absolute Gasteiger partial charge is 0.355 e. The maximum atomic E-state index is 12.3. The van der Waals surface area contributed by atoms with Crippen molar-refractivity contribution in [2.75, 3.05) is 6.54 Å². The molecule has 6 heteroatoms. The number of amides is 1. The molecule has 2 aromatic rings. The van der Waals surface area contributed by atoms with Gasteiger partial charge in [-0.3, -0.25) is 9.78 Å². The number of nitrogens with one attached hydrogen (secondary N) is 1. The molecule has 2 heterocycles. The Labute approximate surface area is 122 Å². The van der Waals surface area contributed by atoms with Crippen molar-refractivity contribution in [3.05, 3.63) is 36.3 Å². The molecule has 6 nitrogen and oxygen atoms in total. The van der Waals surface area contributed by atoms with E-state index < -0.39 is 0 Å². The molecule has 110 valence electrons. The molecular weight excluding hydrogens is 268 g/mol. The molecule has 1 aliphatic rings. The fraction of sp³-hybridized carbons (Fsp3) is 0.400. The van der Waals surface area contributed by atoms with Gasteiger partial charge in [0.1, 0.15) is 0 Å². The van der Waals surface area contributed by atoms with E-state index in [0.717, 1.165) is 31.2 Å². The van der Waals surface area contributed by atoms with E-state index in [1.807, 2.05) is 6.07 Å². The highest BCUT2D eigenvalue weighted by Gasteiger charge is 2.34. The van der Waals surface area contributed by atoms with E-state index in [2.05, 4.69) is 15.5 Å². The van der Waals surface area contributed by atoms with E-state index in [9.17, 15) is 4.79 Å². The van der Waals surface area contributed by atoms with Gasteiger partial charge in [0.2, 0.25) is 0 Å². The summed E-state index contributed by atoms with van der Waals surface area (Å²) in [6.07, 6.45) is 7.37. The summed E-state index contributed by atoms with van der Waals surface area (Å²) in [6.45, 7) is 0.450. The lowest BCUT2D eigenvalue weighted by molar-refractivity contribution is 0.0894. The van der Waals surface area contributed by atoms with Crippen LogP contribution in [0.2, 0.25) is 0 Å². The Kier molecular flexibility index (Phi) is 3.70. The van der Waals surface area contributed by atoms with Crippen LogP contribution >= 0.6 is 0 Å². The van der Waals surface area contributed by atoms with E-state index in [4.69, 9.17) is 10.3 Å². The molecule has 0 unspecified atom stereocenters. The molecule has 0 saturated heterocycles. The molecule has 0 aliphatic heterocycles. The van der Waals surface area contributed by atoms with Crippen molar-refractivity contribution in [1.82, 2.24) is 15.5 Å². The Hall–Kier alpha value is -2.21. The van der Waals surface area contributed by atoms with Gasteiger partial charge in [0, 0.05) is 30.6 Å². The quantitative estimate of drug-likeness (QED) is 0.892. The number of nitrogens with two attached hydrogens (primary N) is 1. The van der Waals surface area contributed by atoms with E-state index in [-0.39, 0.29) is 17.1 Å². The van der Waals surface area contributed by atoms with Gasteiger partial charge in [-0.2, -0.15) is 0 Å². The van der Waals surface area contributed by atoms with Gasteiger partial charge >= 0.3 is 0 Å². The van der Waals surface area contributed by atoms with Crippen LogP contribution in [0.4, 0.5) is 0 Å². The zero-order chi connectivity index (χ0) is 14.7. The maximum absolute atomic E-state index is 12.3. The van der Waals surface area contributed by atoms with Gasteiger partial charge in [-0.25, -0.2) is 0 Å². The van der Waals surface area contributed by atoms with Gasteiger partial charge in [-0.1, -0.05) is 18.0 Å². The van der Waals surface area contributed by atoms with Crippen LogP contribution in [-0.2, 0) is 0 Å². The Balaban J connectivity index is 1.75. The zero-order valence-electron chi connectivity index (χ0n) is 11.7. The normalized spacial score (nSPS) is 16.8. The van der Waals surface area contributed by atoms with E-state index in [1.165, 1.54) is 0 Å². The van der Waals surface area contributed by atoms with E-state index in [0.29, 0.717) is 12.3 Å². The Morgan fingerprint density at radius 3 is 2.90 bits per heavy atom. The lowest BCUT2D eigenvalue weighted by Gasteiger charge is -2.28. The number of hydrogen-bond acceptors (Lipinski definition) is 5. The molecule has 2 aromatic heterocycles. The third-order valence-electron chi connectivity index (χ3n) is 4.02. The molecule has 1 saturated carbocycles. The molecule has 1 aliphatic carbocycles. The van der Waals surface area contributed by atoms with Gasteiger partial charge in [0.25, 0.3) is 5.91 Å². The molecular formula is C15H18N4O2. The van der Waals surface area contributed by atoms with Gasteiger partial charge in [0.05, 0.1) is 5.54 Å². The number of nitrogens with zero attached hydrogens (tertiary/aromatic N) is 2. The number of hydrogen-bond donors (Lipinski definition) is 2. The van der Waals surface area contributed by atoms with Crippen LogP contribution in [0.15, 0.2) is 35.1 Å². The van der Waals surface area contributed by atoms with Crippen LogP contribution in [-0.4, -0.2) is 28.1 Å². The summed E-state index contributed by atoms with van der Waals surface area (Å²) in [5.41, 5.74) is 6.60. The Bertz CT molecular complexity index is 618. The second-order valence-electron chi connectivity index (χ2n) is 5.46. The van der Waals surface area contributed by atoms with Crippen LogP contribution in [0.25, 0.3) is 11.3 Å². The highest BCUT2D eigenvalue weighted by molar-refractivity contribution is 5.93. The summed E-state index contributed by atoms with van der Waals surface area (Å²) in [6, 6.07) is 5.29. The average Bonchev–Trinajstić information content (AvgIpc) is 3.18. The zero-order valence-corrected chi connectivity index (χ0v) is 11.7. The summed E-state index contributed by atoms with van der Waals surface area (Å²) in [4.78, 5) is 16.3. The van der Waals surface area contributed by atoms with Crippen molar-refractivity contribution in [1.29, 1.82) is 0 Å². The van der Waals surface area contributed by atoms with Crippen molar-refractivity contribution in [2.24, 2.45) is 5.73 Å². The summed E-state index contributed by atoms with van der Waals surface area (Å²) in [5, 5.41) is 6.87. The Morgan fingerprint density at radius 2 is 2.24 bits per heavy atom. The van der Waals surface area contributed by atoms with Gasteiger partial charge in [-0.15, -0.1) is 0 Å². The number of rotatable bonds is 4. The second kappa shape index (κ2) is 5.65. The standard InChI is InChI=1S/C15H18N4O2/c16-10-15(5-1-2-6-15)18-14(20)12-8-13(21-19-12)11-4-3-7-17-9-11/h3-4,7-9H,1-2,5-6,10,16H2,(H,18,20). The first-order valence-electron chi connectivity index (χ1n) is 7.12. The van der Waals surface area contributed by atoms with Gasteiger partial charge < -0.3 is 15.6 Å². The van der Waals surface area contributed by atoms with Crippen molar-refractivity contribution < 1.29 is 9.32 Å². The lowest BCUT2D eigenvalue weighted by Crippen LogP contribution is -2.51. The average molecular weight is 286 g/mol. The monoisotopic (exact) mass is 286 g/mol. The maximum Gasteiger partial charge on any atom is 0.273 e. The third kappa shape index (κ3) is 2.80. The molecule has 0 spiro atoms. The van der Waals surface area contributed by atoms with Crippen LogP contribution in [0.3, 0.4) is 0 Å². The molecule has 21 heavy (non-hydrogen) atoms. The Morgan fingerprint density at radius 1 is 1.43 bits per heavy atom. The minimum Gasteiger partial charge on any atom is -0.355 e.